The summed E-state index contributed by atoms with van der Waals surface area (Å²) in [4.78, 5) is 15.8. The molecule has 0 spiro atoms. The monoisotopic (exact) mass is 822 g/mol. The van der Waals surface area contributed by atoms with E-state index in [1.807, 2.05) is 78.9 Å². The van der Waals surface area contributed by atoms with Gasteiger partial charge in [-0.15, -0.1) is 0 Å². The lowest BCUT2D eigenvalue weighted by atomic mass is 9.99. The van der Waals surface area contributed by atoms with Gasteiger partial charge in [-0.2, -0.15) is 9.97 Å². The van der Waals surface area contributed by atoms with Gasteiger partial charge in [-0.25, -0.2) is 4.98 Å². The minimum Gasteiger partial charge on any atom is -0.455 e. The molecule has 0 saturated heterocycles. The molecule has 6 nitrogen and oxygen atoms in total. The fraction of sp³-hybridized carbons (Fsp3) is 0.0172. The summed E-state index contributed by atoms with van der Waals surface area (Å²) in [7, 11) is 0. The zero-order chi connectivity index (χ0) is 44.8. The lowest BCUT2D eigenvalue weighted by Crippen LogP contribution is -2.07. The number of aryl methyl sites for hydroxylation is 1. The van der Waals surface area contributed by atoms with Gasteiger partial charge in [0.2, 0.25) is 5.95 Å². The normalized spacial score (nSPS) is 12.7. The summed E-state index contributed by atoms with van der Waals surface area (Å²) in [6.07, 6.45) is 0. The van der Waals surface area contributed by atoms with Crippen LogP contribution in [-0.4, -0.2) is 24.1 Å². The second-order valence-corrected chi connectivity index (χ2v) is 16.2. The van der Waals surface area contributed by atoms with E-state index >= 15 is 0 Å². The minimum absolute atomic E-state index is 0.265. The zero-order valence-corrected chi connectivity index (χ0v) is 34.3. The maximum atomic E-state index is 8.29. The van der Waals surface area contributed by atoms with Crippen molar-refractivity contribution < 1.29 is 8.53 Å². The fourth-order valence-electron chi connectivity index (χ4n) is 9.57. The van der Waals surface area contributed by atoms with E-state index in [4.69, 9.17) is 23.5 Å². The molecule has 13 aromatic rings. The van der Waals surface area contributed by atoms with Crippen LogP contribution in [-0.2, 0) is 0 Å². The topological polar surface area (TPSA) is 61.7 Å². The van der Waals surface area contributed by atoms with Crippen LogP contribution in [0.4, 0.5) is 0 Å². The van der Waals surface area contributed by atoms with Crippen molar-refractivity contribution in [2.24, 2.45) is 0 Å². The third kappa shape index (κ3) is 5.63. The molecule has 4 heterocycles. The SMILES string of the molecule is [2H]C([2H])([2H])c1cccc(-c2cc(-n3c4ccccc4c4ccc5c6ccccc6n(-c6nc(-c7ccccc7)nc(-c7ccc(-c8ccccc8)cc7)n6)c5c43)cc3c2oc2ccccc23)c1. The third-order valence-electron chi connectivity index (χ3n) is 12.5. The Morgan fingerprint density at radius 1 is 0.406 bits per heavy atom. The van der Waals surface area contributed by atoms with Gasteiger partial charge in [-0.05, 0) is 53.9 Å². The first-order valence-corrected chi connectivity index (χ1v) is 21.4. The average Bonchev–Trinajstić information content (AvgIpc) is 4.04. The maximum Gasteiger partial charge on any atom is 0.238 e. The Labute approximate surface area is 372 Å². The smallest absolute Gasteiger partial charge is 0.238 e. The molecule has 0 atom stereocenters. The van der Waals surface area contributed by atoms with Gasteiger partial charge in [0.1, 0.15) is 11.2 Å². The molecule has 0 aliphatic heterocycles. The Bertz CT molecular complexity index is 4080. The van der Waals surface area contributed by atoms with Gasteiger partial charge in [0.05, 0.1) is 22.1 Å². The second kappa shape index (κ2) is 14.2. The summed E-state index contributed by atoms with van der Waals surface area (Å²) >= 11 is 0. The Kier molecular flexibility index (Phi) is 7.35. The minimum atomic E-state index is -2.28. The first kappa shape index (κ1) is 33.1. The van der Waals surface area contributed by atoms with E-state index in [2.05, 4.69) is 124 Å². The quantitative estimate of drug-likeness (QED) is 0.168. The molecule has 0 aliphatic carbocycles. The average molecular weight is 823 g/mol. The van der Waals surface area contributed by atoms with E-state index in [1.165, 1.54) is 0 Å². The van der Waals surface area contributed by atoms with Crippen LogP contribution >= 0.6 is 0 Å². The lowest BCUT2D eigenvalue weighted by molar-refractivity contribution is 0.670. The molecule has 300 valence electrons. The molecule has 0 aliphatic rings. The van der Waals surface area contributed by atoms with Crippen LogP contribution in [0, 0.1) is 6.85 Å². The fourth-order valence-corrected chi connectivity index (χ4v) is 9.57. The second-order valence-electron chi connectivity index (χ2n) is 16.2. The highest BCUT2D eigenvalue weighted by Gasteiger charge is 2.25. The molecule has 0 saturated carbocycles. The number of hydrogen-bond acceptors (Lipinski definition) is 4. The predicted molar refractivity (Wildman–Crippen MR) is 262 cm³/mol. The number of fused-ring (bicyclic) bond motifs is 10. The highest BCUT2D eigenvalue weighted by atomic mass is 16.3. The number of nitrogens with zero attached hydrogens (tertiary/aromatic N) is 5. The summed E-state index contributed by atoms with van der Waals surface area (Å²) in [5, 5.41) is 6.14. The van der Waals surface area contributed by atoms with Crippen LogP contribution < -0.4 is 0 Å². The van der Waals surface area contributed by atoms with E-state index in [-0.39, 0.29) is 5.56 Å². The van der Waals surface area contributed by atoms with Crippen molar-refractivity contribution in [2.45, 2.75) is 6.85 Å². The van der Waals surface area contributed by atoms with E-state index in [0.29, 0.717) is 23.2 Å². The van der Waals surface area contributed by atoms with Crippen LogP contribution in [0.15, 0.2) is 211 Å². The van der Waals surface area contributed by atoms with E-state index in [1.54, 1.807) is 12.1 Å². The highest BCUT2D eigenvalue weighted by Crippen LogP contribution is 2.44. The maximum absolute atomic E-state index is 8.29. The standard InChI is InChI=1S/C58H37N5O/c1-36-15-14-20-41(33-36)48-34-42(35-49-45-23-10-13-26-52(45)64-55(48)49)62-50-24-11-8-21-43(50)46-31-32-47-44-22-9-12-25-51(44)63(54(47)53(46)62)58-60-56(39-18-6-3-7-19-39)59-57(61-58)40-29-27-38(28-30-40)37-16-4-2-5-17-37/h2-35H,1H3/i1D3. The molecule has 4 aromatic heterocycles. The van der Waals surface area contributed by atoms with Crippen LogP contribution in [0.2, 0.25) is 0 Å². The van der Waals surface area contributed by atoms with Crippen molar-refractivity contribution >= 4 is 65.6 Å². The number of hydrogen-bond donors (Lipinski definition) is 0. The number of furan rings is 1. The molecule has 0 N–H and O–H groups in total. The molecular weight excluding hydrogens is 783 g/mol. The van der Waals surface area contributed by atoms with Crippen molar-refractivity contribution in [3.8, 4) is 56.7 Å². The number of benzene rings is 9. The molecule has 9 aromatic carbocycles. The van der Waals surface area contributed by atoms with Gasteiger partial charge in [-0.1, -0.05) is 181 Å². The Morgan fingerprint density at radius 2 is 0.953 bits per heavy atom. The van der Waals surface area contributed by atoms with Crippen LogP contribution in [0.1, 0.15) is 9.68 Å². The molecule has 0 radical (unpaired) electrons. The molecule has 0 fully saturated rings. The van der Waals surface area contributed by atoms with E-state index in [9.17, 15) is 0 Å². The van der Waals surface area contributed by atoms with E-state index < -0.39 is 6.85 Å². The molecule has 0 amide bonds. The van der Waals surface area contributed by atoms with Gasteiger partial charge in [0, 0.05) is 58.8 Å². The summed E-state index contributed by atoms with van der Waals surface area (Å²) in [5.41, 5.74) is 12.0. The number of rotatable bonds is 6. The zero-order valence-electron chi connectivity index (χ0n) is 37.3. The van der Waals surface area contributed by atoms with Crippen molar-refractivity contribution in [3.63, 3.8) is 0 Å². The molecule has 13 rings (SSSR count). The van der Waals surface area contributed by atoms with Crippen molar-refractivity contribution in [1.29, 1.82) is 0 Å². The van der Waals surface area contributed by atoms with Gasteiger partial charge in [0.15, 0.2) is 11.6 Å². The van der Waals surface area contributed by atoms with Gasteiger partial charge in [-0.3, -0.25) is 4.57 Å². The van der Waals surface area contributed by atoms with Crippen LogP contribution in [0.3, 0.4) is 0 Å². The summed E-state index contributed by atoms with van der Waals surface area (Å²) in [5.74, 6) is 1.61. The Balaban J connectivity index is 1.13. The number of aromatic nitrogens is 5. The van der Waals surface area contributed by atoms with Crippen molar-refractivity contribution in [1.82, 2.24) is 24.1 Å². The van der Waals surface area contributed by atoms with Gasteiger partial charge in [0.25, 0.3) is 0 Å². The Morgan fingerprint density at radius 3 is 1.66 bits per heavy atom. The third-order valence-corrected chi connectivity index (χ3v) is 12.5. The molecule has 64 heavy (non-hydrogen) atoms. The summed E-state index contributed by atoms with van der Waals surface area (Å²) in [6, 6.07) is 69.7. The Hall–Kier alpha value is -8.61. The van der Waals surface area contributed by atoms with Crippen LogP contribution in [0.25, 0.3) is 122 Å². The van der Waals surface area contributed by atoms with Gasteiger partial charge >= 0.3 is 0 Å². The molecule has 6 heteroatoms. The molecule has 0 unspecified atom stereocenters. The summed E-state index contributed by atoms with van der Waals surface area (Å²) in [6.45, 7) is -2.28. The van der Waals surface area contributed by atoms with Gasteiger partial charge < -0.3 is 8.98 Å². The van der Waals surface area contributed by atoms with E-state index in [0.717, 1.165) is 99.0 Å². The molecular formula is C58H37N5O. The first-order chi connectivity index (χ1) is 32.9. The number of para-hydroxylation sites is 3. The van der Waals surface area contributed by atoms with Crippen LogP contribution in [0.5, 0.6) is 0 Å². The van der Waals surface area contributed by atoms with Crippen molar-refractivity contribution in [3.05, 3.63) is 212 Å². The lowest BCUT2D eigenvalue weighted by Gasteiger charge is -2.14. The molecule has 0 bridgehead atoms. The largest absolute Gasteiger partial charge is 0.455 e. The van der Waals surface area contributed by atoms with Crippen molar-refractivity contribution in [2.75, 3.05) is 0 Å². The first-order valence-electron chi connectivity index (χ1n) is 22.9. The highest BCUT2D eigenvalue weighted by molar-refractivity contribution is 6.24. The predicted octanol–water partition coefficient (Wildman–Crippen LogP) is 14.9. The summed E-state index contributed by atoms with van der Waals surface area (Å²) < 4.78 is 36.0.